The first kappa shape index (κ1) is 11.1. The summed E-state index contributed by atoms with van der Waals surface area (Å²) < 4.78 is 5.32. The minimum atomic E-state index is -0.443. The van der Waals surface area contributed by atoms with Crippen molar-refractivity contribution in [3.63, 3.8) is 0 Å². The molecule has 1 saturated heterocycles. The molecule has 0 saturated carbocycles. The Morgan fingerprint density at radius 2 is 2.31 bits per heavy atom. The summed E-state index contributed by atoms with van der Waals surface area (Å²) in [5.74, 6) is 0.332. The van der Waals surface area contributed by atoms with Crippen LogP contribution < -0.4 is 0 Å². The maximum absolute atomic E-state index is 11.8. The Bertz CT molecular complexity index is 355. The van der Waals surface area contributed by atoms with Crippen LogP contribution in [0.2, 0.25) is 0 Å². The summed E-state index contributed by atoms with van der Waals surface area (Å²) in [7, 11) is 0. The second-order valence-corrected chi connectivity index (χ2v) is 5.15. The molecule has 1 fully saturated rings. The molecule has 5 heteroatoms. The Morgan fingerprint density at radius 3 is 3.00 bits per heavy atom. The molecule has 0 N–H and O–H groups in total. The smallest absolute Gasteiger partial charge is 0.410 e. The second-order valence-electron chi connectivity index (χ2n) is 5.15. The fraction of sp³-hybridized carbons (Fsp3) is 0.727. The van der Waals surface area contributed by atoms with Crippen molar-refractivity contribution in [2.24, 2.45) is 16.1 Å². The molecule has 1 amide bonds. The minimum Gasteiger partial charge on any atom is -0.444 e. The Morgan fingerprint density at radius 1 is 1.56 bits per heavy atom. The predicted molar refractivity (Wildman–Crippen MR) is 61.8 cm³/mol. The van der Waals surface area contributed by atoms with Crippen LogP contribution in [0.4, 0.5) is 4.79 Å². The topological polar surface area (TPSA) is 54.3 Å². The summed E-state index contributed by atoms with van der Waals surface area (Å²) in [6.07, 6.45) is 2.48. The van der Waals surface area contributed by atoms with E-state index >= 15 is 0 Å². The van der Waals surface area contributed by atoms with Gasteiger partial charge >= 0.3 is 6.09 Å². The lowest BCUT2D eigenvalue weighted by Crippen LogP contribution is -2.45. The van der Waals surface area contributed by atoms with Crippen LogP contribution >= 0.6 is 0 Å². The van der Waals surface area contributed by atoms with Crippen LogP contribution in [0.25, 0.3) is 0 Å². The van der Waals surface area contributed by atoms with Gasteiger partial charge in [-0.05, 0) is 27.2 Å². The molecule has 0 aromatic rings. The molecule has 2 aliphatic heterocycles. The molecule has 0 radical (unpaired) electrons. The molecule has 0 bridgehead atoms. The predicted octanol–water partition coefficient (Wildman–Crippen LogP) is 1.68. The van der Waals surface area contributed by atoms with Gasteiger partial charge < -0.3 is 9.64 Å². The molecule has 2 rings (SSSR count). The van der Waals surface area contributed by atoms with E-state index in [9.17, 15) is 4.79 Å². The summed E-state index contributed by atoms with van der Waals surface area (Å²) >= 11 is 0. The molecule has 0 aromatic carbocycles. The van der Waals surface area contributed by atoms with Gasteiger partial charge in [0.15, 0.2) is 0 Å². The Balaban J connectivity index is 1.94. The molecule has 5 nitrogen and oxygen atoms in total. The zero-order valence-electron chi connectivity index (χ0n) is 9.93. The van der Waals surface area contributed by atoms with Crippen LogP contribution in [-0.2, 0) is 4.74 Å². The van der Waals surface area contributed by atoms with Gasteiger partial charge in [0.25, 0.3) is 0 Å². The standard InChI is InChI=1S/C11H17N3O2/c1-11(2,3)16-10(15)14-5-4-8-6-12-13-9(8)7-14/h6,8H,4-5,7H2,1-3H3/t8-/m1/s1. The number of ether oxygens (including phenoxy) is 1. The summed E-state index contributed by atoms with van der Waals surface area (Å²) in [6, 6.07) is 0. The molecule has 0 aromatic heterocycles. The van der Waals surface area contributed by atoms with E-state index in [0.29, 0.717) is 19.0 Å². The molecule has 0 aliphatic carbocycles. The number of piperidine rings is 1. The highest BCUT2D eigenvalue weighted by atomic mass is 16.6. The van der Waals surface area contributed by atoms with E-state index < -0.39 is 5.60 Å². The number of likely N-dealkylation sites (tertiary alicyclic amines) is 1. The lowest BCUT2D eigenvalue weighted by atomic mass is 9.97. The van der Waals surface area contributed by atoms with Gasteiger partial charge in [-0.15, -0.1) is 0 Å². The lowest BCUT2D eigenvalue weighted by Gasteiger charge is -2.31. The van der Waals surface area contributed by atoms with Crippen molar-refractivity contribution in [1.29, 1.82) is 0 Å². The van der Waals surface area contributed by atoms with Gasteiger partial charge in [0.2, 0.25) is 0 Å². The van der Waals surface area contributed by atoms with Crippen LogP contribution in [0.15, 0.2) is 10.2 Å². The normalized spacial score (nSPS) is 24.1. The Hall–Kier alpha value is -1.39. The Labute approximate surface area is 95.2 Å². The summed E-state index contributed by atoms with van der Waals surface area (Å²) in [5, 5.41) is 7.90. The average molecular weight is 223 g/mol. The molecule has 0 spiro atoms. The Kier molecular flexibility index (Phi) is 2.69. The van der Waals surface area contributed by atoms with Gasteiger partial charge in [-0.25, -0.2) is 4.79 Å². The van der Waals surface area contributed by atoms with Crippen LogP contribution in [0.1, 0.15) is 27.2 Å². The van der Waals surface area contributed by atoms with E-state index in [2.05, 4.69) is 10.2 Å². The van der Waals surface area contributed by atoms with Crippen molar-refractivity contribution in [2.75, 3.05) is 13.1 Å². The highest BCUT2D eigenvalue weighted by Gasteiger charge is 2.31. The number of carbonyl (C=O) groups excluding carboxylic acids is 1. The number of hydrogen-bond acceptors (Lipinski definition) is 4. The summed E-state index contributed by atoms with van der Waals surface area (Å²) in [6.45, 7) is 6.86. The van der Waals surface area contributed by atoms with E-state index in [4.69, 9.17) is 4.74 Å². The lowest BCUT2D eigenvalue weighted by molar-refractivity contribution is 0.0263. The zero-order chi connectivity index (χ0) is 11.8. The number of hydrogen-bond donors (Lipinski definition) is 0. The van der Waals surface area contributed by atoms with Crippen molar-refractivity contribution < 1.29 is 9.53 Å². The van der Waals surface area contributed by atoms with Gasteiger partial charge in [-0.1, -0.05) is 0 Å². The quantitative estimate of drug-likeness (QED) is 0.627. The third kappa shape index (κ3) is 2.40. The monoisotopic (exact) mass is 223 g/mol. The number of amides is 1. The van der Waals surface area contributed by atoms with Crippen molar-refractivity contribution >= 4 is 18.0 Å². The molecule has 16 heavy (non-hydrogen) atoms. The van der Waals surface area contributed by atoms with Gasteiger partial charge in [0.1, 0.15) is 5.60 Å². The molecular weight excluding hydrogens is 206 g/mol. The highest BCUT2D eigenvalue weighted by Crippen LogP contribution is 2.19. The maximum Gasteiger partial charge on any atom is 0.410 e. The molecule has 2 aliphatic rings. The van der Waals surface area contributed by atoms with Crippen LogP contribution in [-0.4, -0.2) is 41.6 Å². The summed E-state index contributed by atoms with van der Waals surface area (Å²) in [5.41, 5.74) is 0.527. The van der Waals surface area contributed by atoms with Crippen molar-refractivity contribution in [3.05, 3.63) is 0 Å². The fourth-order valence-electron chi connectivity index (χ4n) is 1.79. The first-order valence-corrected chi connectivity index (χ1v) is 5.53. The third-order valence-corrected chi connectivity index (χ3v) is 2.58. The van der Waals surface area contributed by atoms with Crippen LogP contribution in [0, 0.1) is 5.92 Å². The van der Waals surface area contributed by atoms with Crippen molar-refractivity contribution in [2.45, 2.75) is 32.8 Å². The van der Waals surface area contributed by atoms with Crippen molar-refractivity contribution in [1.82, 2.24) is 4.90 Å². The SMILES string of the molecule is CC(C)(C)OC(=O)N1CC[C@@H]2C=NN=C2C1. The maximum atomic E-state index is 11.8. The largest absolute Gasteiger partial charge is 0.444 e. The molecular formula is C11H17N3O2. The van der Waals surface area contributed by atoms with E-state index in [1.54, 1.807) is 4.90 Å². The second kappa shape index (κ2) is 3.88. The number of rotatable bonds is 0. The first-order chi connectivity index (χ1) is 7.46. The van der Waals surface area contributed by atoms with E-state index in [1.807, 2.05) is 27.0 Å². The van der Waals surface area contributed by atoms with Gasteiger partial charge in [-0.2, -0.15) is 10.2 Å². The minimum absolute atomic E-state index is 0.263. The van der Waals surface area contributed by atoms with Crippen LogP contribution in [0.5, 0.6) is 0 Å². The highest BCUT2D eigenvalue weighted by molar-refractivity contribution is 6.04. The van der Waals surface area contributed by atoms with E-state index in [1.165, 1.54) is 0 Å². The number of fused-ring (bicyclic) bond motifs is 1. The summed E-state index contributed by atoms with van der Waals surface area (Å²) in [4.78, 5) is 13.5. The molecule has 0 unspecified atom stereocenters. The number of carbonyl (C=O) groups is 1. The zero-order valence-corrected chi connectivity index (χ0v) is 9.93. The fourth-order valence-corrected chi connectivity index (χ4v) is 1.79. The number of nitrogens with zero attached hydrogens (tertiary/aromatic N) is 3. The van der Waals surface area contributed by atoms with E-state index in [-0.39, 0.29) is 6.09 Å². The molecule has 88 valence electrons. The third-order valence-electron chi connectivity index (χ3n) is 2.58. The molecule has 2 heterocycles. The van der Waals surface area contributed by atoms with Gasteiger partial charge in [0.05, 0.1) is 12.3 Å². The van der Waals surface area contributed by atoms with Crippen LogP contribution in [0.3, 0.4) is 0 Å². The van der Waals surface area contributed by atoms with E-state index in [0.717, 1.165) is 12.1 Å². The first-order valence-electron chi connectivity index (χ1n) is 5.53. The molecule has 1 atom stereocenters. The average Bonchev–Trinajstić information content (AvgIpc) is 2.61. The van der Waals surface area contributed by atoms with Crippen molar-refractivity contribution in [3.8, 4) is 0 Å². The van der Waals surface area contributed by atoms with Gasteiger partial charge in [0, 0.05) is 18.7 Å². The van der Waals surface area contributed by atoms with Gasteiger partial charge in [-0.3, -0.25) is 0 Å².